The number of rotatable bonds is 9. The summed E-state index contributed by atoms with van der Waals surface area (Å²) in [5, 5.41) is 6.74. The molecule has 0 aromatic heterocycles. The quantitative estimate of drug-likeness (QED) is 0.372. The normalized spacial score (nSPS) is 17.6. The summed E-state index contributed by atoms with van der Waals surface area (Å²) in [7, 11) is 6.13. The Morgan fingerprint density at radius 1 is 1.37 bits per heavy atom. The summed E-state index contributed by atoms with van der Waals surface area (Å²) < 4.78 is 5.31. The van der Waals surface area contributed by atoms with Crippen molar-refractivity contribution in [3.05, 3.63) is 0 Å². The van der Waals surface area contributed by atoms with Crippen LogP contribution >= 0.6 is 0 Å². The van der Waals surface area contributed by atoms with Crippen LogP contribution in [-0.2, 0) is 4.74 Å². The van der Waals surface area contributed by atoms with Gasteiger partial charge in [-0.1, -0.05) is 0 Å². The zero-order chi connectivity index (χ0) is 14.1. The van der Waals surface area contributed by atoms with Crippen molar-refractivity contribution < 1.29 is 4.74 Å². The second kappa shape index (κ2) is 9.15. The molecule has 0 aromatic carbocycles. The van der Waals surface area contributed by atoms with Crippen molar-refractivity contribution >= 4 is 5.96 Å². The Morgan fingerprint density at radius 3 is 2.63 bits per heavy atom. The minimum Gasteiger partial charge on any atom is -0.382 e. The smallest absolute Gasteiger partial charge is 0.191 e. The predicted molar refractivity (Wildman–Crippen MR) is 80.7 cm³/mol. The van der Waals surface area contributed by atoms with Crippen LogP contribution in [-0.4, -0.2) is 64.3 Å². The molecule has 2 N–H and O–H groups in total. The zero-order valence-electron chi connectivity index (χ0n) is 12.9. The monoisotopic (exact) mass is 270 g/mol. The van der Waals surface area contributed by atoms with Crippen LogP contribution in [0.2, 0.25) is 0 Å². The van der Waals surface area contributed by atoms with Crippen molar-refractivity contribution in [3.63, 3.8) is 0 Å². The van der Waals surface area contributed by atoms with Gasteiger partial charge in [0.2, 0.25) is 0 Å². The SMILES string of the molecule is CCOCCCNC(=NC)NCC(C1CC1)N(C)C. The Hall–Kier alpha value is -0.810. The van der Waals surface area contributed by atoms with Crippen molar-refractivity contribution in [2.75, 3.05) is 47.4 Å². The van der Waals surface area contributed by atoms with Crippen molar-refractivity contribution in [1.82, 2.24) is 15.5 Å². The first-order valence-electron chi connectivity index (χ1n) is 7.37. The maximum Gasteiger partial charge on any atom is 0.191 e. The van der Waals surface area contributed by atoms with Gasteiger partial charge in [0, 0.05) is 39.4 Å². The molecule has 0 bridgehead atoms. The second-order valence-corrected chi connectivity index (χ2v) is 5.30. The Bertz CT molecular complexity index is 262. The van der Waals surface area contributed by atoms with E-state index in [1.54, 1.807) is 0 Å². The summed E-state index contributed by atoms with van der Waals surface area (Å²) in [5.41, 5.74) is 0. The van der Waals surface area contributed by atoms with Gasteiger partial charge < -0.3 is 20.3 Å². The van der Waals surface area contributed by atoms with Gasteiger partial charge in [-0.3, -0.25) is 4.99 Å². The van der Waals surface area contributed by atoms with E-state index in [1.807, 2.05) is 14.0 Å². The van der Waals surface area contributed by atoms with Crippen LogP contribution in [0.25, 0.3) is 0 Å². The molecule has 0 amide bonds. The van der Waals surface area contributed by atoms with E-state index in [0.717, 1.165) is 44.6 Å². The molecule has 5 heteroatoms. The summed E-state index contributed by atoms with van der Waals surface area (Å²) >= 11 is 0. The Balaban J connectivity index is 2.17. The molecule has 0 radical (unpaired) electrons. The van der Waals surface area contributed by atoms with Crippen molar-refractivity contribution in [2.45, 2.75) is 32.2 Å². The third-order valence-corrected chi connectivity index (χ3v) is 3.49. The Morgan fingerprint density at radius 2 is 2.11 bits per heavy atom. The standard InChI is InChI=1S/C14H30N4O/c1-5-19-10-6-9-16-14(15-2)17-11-13(18(3)4)12-7-8-12/h12-13H,5-11H2,1-4H3,(H2,15,16,17). The third kappa shape index (κ3) is 6.78. The molecule has 0 heterocycles. The molecular formula is C14H30N4O. The summed E-state index contributed by atoms with van der Waals surface area (Å²) in [4.78, 5) is 6.56. The highest BCUT2D eigenvalue weighted by Gasteiger charge is 2.32. The van der Waals surface area contributed by atoms with Crippen molar-refractivity contribution in [1.29, 1.82) is 0 Å². The van der Waals surface area contributed by atoms with E-state index in [1.165, 1.54) is 12.8 Å². The maximum absolute atomic E-state index is 5.31. The van der Waals surface area contributed by atoms with Gasteiger partial charge in [-0.05, 0) is 46.2 Å². The molecule has 0 aliphatic heterocycles. The summed E-state index contributed by atoms with van der Waals surface area (Å²) in [5.74, 6) is 1.75. The molecule has 112 valence electrons. The molecule has 1 aliphatic rings. The highest BCUT2D eigenvalue weighted by molar-refractivity contribution is 5.79. The van der Waals surface area contributed by atoms with Crippen LogP contribution in [0.1, 0.15) is 26.2 Å². The number of hydrogen-bond donors (Lipinski definition) is 2. The highest BCUT2D eigenvalue weighted by atomic mass is 16.5. The molecule has 0 saturated heterocycles. The lowest BCUT2D eigenvalue weighted by molar-refractivity contribution is 0.145. The molecule has 0 spiro atoms. The van der Waals surface area contributed by atoms with E-state index in [9.17, 15) is 0 Å². The van der Waals surface area contributed by atoms with Crippen LogP contribution in [0.5, 0.6) is 0 Å². The van der Waals surface area contributed by atoms with Crippen LogP contribution in [0.4, 0.5) is 0 Å². The molecule has 5 nitrogen and oxygen atoms in total. The van der Waals surface area contributed by atoms with E-state index in [4.69, 9.17) is 4.74 Å². The molecule has 1 fully saturated rings. The van der Waals surface area contributed by atoms with Gasteiger partial charge in [0.25, 0.3) is 0 Å². The fraction of sp³-hybridized carbons (Fsp3) is 0.929. The largest absolute Gasteiger partial charge is 0.382 e. The minimum absolute atomic E-state index is 0.613. The lowest BCUT2D eigenvalue weighted by Crippen LogP contribution is -2.46. The number of hydrogen-bond acceptors (Lipinski definition) is 3. The van der Waals surface area contributed by atoms with E-state index < -0.39 is 0 Å². The van der Waals surface area contributed by atoms with E-state index in [2.05, 4.69) is 34.6 Å². The number of guanidine groups is 1. The Labute approximate surface area is 117 Å². The van der Waals surface area contributed by atoms with Gasteiger partial charge in [-0.2, -0.15) is 0 Å². The summed E-state index contributed by atoms with van der Waals surface area (Å²) in [6, 6.07) is 0.613. The maximum atomic E-state index is 5.31. The molecule has 19 heavy (non-hydrogen) atoms. The van der Waals surface area contributed by atoms with Crippen LogP contribution in [0.3, 0.4) is 0 Å². The predicted octanol–water partition coefficient (Wildman–Crippen LogP) is 0.918. The lowest BCUT2D eigenvalue weighted by Gasteiger charge is -2.25. The van der Waals surface area contributed by atoms with E-state index in [-0.39, 0.29) is 0 Å². The van der Waals surface area contributed by atoms with Gasteiger partial charge in [-0.25, -0.2) is 0 Å². The first-order chi connectivity index (χ1) is 9.19. The van der Waals surface area contributed by atoms with Gasteiger partial charge in [0.15, 0.2) is 5.96 Å². The zero-order valence-corrected chi connectivity index (χ0v) is 12.9. The summed E-state index contributed by atoms with van der Waals surface area (Å²) in [6.07, 6.45) is 3.74. The van der Waals surface area contributed by atoms with Gasteiger partial charge in [0.05, 0.1) is 0 Å². The fourth-order valence-corrected chi connectivity index (χ4v) is 2.20. The number of nitrogens with one attached hydrogen (secondary N) is 2. The minimum atomic E-state index is 0.613. The molecule has 1 aliphatic carbocycles. The highest BCUT2D eigenvalue weighted by Crippen LogP contribution is 2.34. The van der Waals surface area contributed by atoms with E-state index in [0.29, 0.717) is 6.04 Å². The van der Waals surface area contributed by atoms with Crippen LogP contribution in [0.15, 0.2) is 4.99 Å². The molecule has 1 saturated carbocycles. The lowest BCUT2D eigenvalue weighted by atomic mass is 10.1. The van der Waals surface area contributed by atoms with Gasteiger partial charge >= 0.3 is 0 Å². The number of nitrogens with zero attached hydrogens (tertiary/aromatic N) is 2. The van der Waals surface area contributed by atoms with Gasteiger partial charge in [0.1, 0.15) is 0 Å². The number of likely N-dealkylation sites (N-methyl/N-ethyl adjacent to an activating group) is 1. The topological polar surface area (TPSA) is 48.9 Å². The third-order valence-electron chi connectivity index (χ3n) is 3.49. The molecular weight excluding hydrogens is 240 g/mol. The van der Waals surface area contributed by atoms with Gasteiger partial charge in [-0.15, -0.1) is 0 Å². The Kier molecular flexibility index (Phi) is 7.82. The average Bonchev–Trinajstić information content (AvgIpc) is 3.20. The fourth-order valence-electron chi connectivity index (χ4n) is 2.20. The number of ether oxygens (including phenoxy) is 1. The summed E-state index contributed by atoms with van der Waals surface area (Å²) in [6.45, 7) is 5.48. The van der Waals surface area contributed by atoms with E-state index >= 15 is 0 Å². The molecule has 1 atom stereocenters. The van der Waals surface area contributed by atoms with Crippen LogP contribution in [0, 0.1) is 5.92 Å². The number of aliphatic imine (C=N–C) groups is 1. The molecule has 1 rings (SSSR count). The first kappa shape index (κ1) is 16.2. The molecule has 1 unspecified atom stereocenters. The van der Waals surface area contributed by atoms with Crippen molar-refractivity contribution in [2.24, 2.45) is 10.9 Å². The first-order valence-corrected chi connectivity index (χ1v) is 7.37. The second-order valence-electron chi connectivity index (χ2n) is 5.30. The average molecular weight is 270 g/mol. The van der Waals surface area contributed by atoms with Crippen LogP contribution < -0.4 is 10.6 Å². The molecule has 0 aromatic rings. The van der Waals surface area contributed by atoms with Crippen molar-refractivity contribution in [3.8, 4) is 0 Å².